The lowest BCUT2D eigenvalue weighted by Crippen LogP contribution is -2.41. The highest BCUT2D eigenvalue weighted by molar-refractivity contribution is 7.86. The Labute approximate surface area is 69.1 Å². The second-order valence-electron chi connectivity index (χ2n) is 2.51. The van der Waals surface area contributed by atoms with Gasteiger partial charge in [-0.25, -0.2) is 0 Å². The molecule has 0 aromatic rings. The van der Waals surface area contributed by atoms with E-state index in [9.17, 15) is 0 Å². The van der Waals surface area contributed by atoms with Crippen LogP contribution >= 0.6 is 25.3 Å². The molecule has 9 heavy (non-hydrogen) atoms. The molecule has 1 atom stereocenters. The number of thiol groups is 2. The Morgan fingerprint density at radius 1 is 1.56 bits per heavy atom. The van der Waals surface area contributed by atoms with Crippen LogP contribution in [0.5, 0.6) is 0 Å². The van der Waals surface area contributed by atoms with Gasteiger partial charge in [-0.3, -0.25) is 0 Å². The summed E-state index contributed by atoms with van der Waals surface area (Å²) in [5, 5.41) is 0. The second-order valence-corrected chi connectivity index (χ2v) is 8.29. The fourth-order valence-electron chi connectivity index (χ4n) is 0.356. The Hall–Kier alpha value is 0.877. The molecule has 0 aliphatic heterocycles. The third kappa shape index (κ3) is 2.98. The van der Waals surface area contributed by atoms with Crippen molar-refractivity contribution in [3.05, 3.63) is 0 Å². The summed E-state index contributed by atoms with van der Waals surface area (Å²) in [5.74, 6) is 0.802. The fraction of sp³-hybridized carbons (Fsp3) is 1.00. The van der Waals surface area contributed by atoms with Crippen molar-refractivity contribution < 1.29 is 4.43 Å². The molecule has 0 N–H and O–H groups in total. The summed E-state index contributed by atoms with van der Waals surface area (Å²) in [4.78, 5) is 0.339. The average Bonchev–Trinajstić information content (AvgIpc) is 1.86. The standard InChI is InChI=1S/C5H14OS2Si/c1-6-9(2,3)5(8)4-7/h5,7-8H,4H2,1-3H3. The molecule has 1 unspecified atom stereocenters. The highest BCUT2D eigenvalue weighted by Gasteiger charge is 2.28. The largest absolute Gasteiger partial charge is 0.419 e. The molecule has 0 radical (unpaired) electrons. The monoisotopic (exact) mass is 182 g/mol. The summed E-state index contributed by atoms with van der Waals surface area (Å²) in [6.07, 6.45) is 0. The van der Waals surface area contributed by atoms with Crippen LogP contribution in [0.3, 0.4) is 0 Å². The molecule has 0 aliphatic rings. The van der Waals surface area contributed by atoms with Crippen molar-refractivity contribution in [3.8, 4) is 0 Å². The molecule has 0 bridgehead atoms. The Bertz CT molecular complexity index is 87.0. The van der Waals surface area contributed by atoms with Crippen LogP contribution in [0.4, 0.5) is 0 Å². The zero-order valence-electron chi connectivity index (χ0n) is 6.09. The molecule has 0 amide bonds. The summed E-state index contributed by atoms with van der Waals surface area (Å²) in [6.45, 7) is 4.28. The molecule has 0 aromatic carbocycles. The predicted molar refractivity (Wildman–Crippen MR) is 51.1 cm³/mol. The lowest BCUT2D eigenvalue weighted by molar-refractivity contribution is 0.404. The van der Waals surface area contributed by atoms with E-state index in [-0.39, 0.29) is 0 Å². The van der Waals surface area contributed by atoms with Crippen LogP contribution in [-0.2, 0) is 4.43 Å². The van der Waals surface area contributed by atoms with Crippen LogP contribution in [0.15, 0.2) is 0 Å². The minimum Gasteiger partial charge on any atom is -0.419 e. The van der Waals surface area contributed by atoms with Crippen LogP contribution in [0, 0.1) is 0 Å². The maximum absolute atomic E-state index is 5.30. The van der Waals surface area contributed by atoms with Crippen molar-refractivity contribution in [2.24, 2.45) is 0 Å². The van der Waals surface area contributed by atoms with Crippen molar-refractivity contribution in [1.29, 1.82) is 0 Å². The van der Waals surface area contributed by atoms with Crippen LogP contribution in [0.25, 0.3) is 0 Å². The van der Waals surface area contributed by atoms with Gasteiger partial charge in [0.15, 0.2) is 8.32 Å². The van der Waals surface area contributed by atoms with Crippen molar-refractivity contribution in [2.45, 2.75) is 18.0 Å². The second kappa shape index (κ2) is 3.90. The molecular weight excluding hydrogens is 168 g/mol. The molecule has 0 rings (SSSR count). The Kier molecular flexibility index (Phi) is 4.28. The SMILES string of the molecule is CO[Si](C)(C)C(S)CS. The zero-order valence-corrected chi connectivity index (χ0v) is 8.88. The van der Waals surface area contributed by atoms with Crippen molar-refractivity contribution in [3.63, 3.8) is 0 Å². The molecular formula is C5H14OS2Si. The van der Waals surface area contributed by atoms with E-state index in [2.05, 4.69) is 38.4 Å². The summed E-state index contributed by atoms with van der Waals surface area (Å²) in [6, 6.07) is 0. The third-order valence-corrected chi connectivity index (χ3v) is 7.41. The molecule has 0 saturated carbocycles. The lowest BCUT2D eigenvalue weighted by Gasteiger charge is -2.25. The van der Waals surface area contributed by atoms with E-state index >= 15 is 0 Å². The lowest BCUT2D eigenvalue weighted by atomic mass is 10.9. The molecule has 0 aromatic heterocycles. The first-order valence-corrected chi connectivity index (χ1v) is 7.02. The summed E-state index contributed by atoms with van der Waals surface area (Å²) < 4.78 is 5.30. The van der Waals surface area contributed by atoms with Gasteiger partial charge in [-0.2, -0.15) is 25.3 Å². The van der Waals surface area contributed by atoms with Crippen molar-refractivity contribution in [2.75, 3.05) is 12.9 Å². The van der Waals surface area contributed by atoms with E-state index < -0.39 is 8.32 Å². The molecule has 0 aliphatic carbocycles. The van der Waals surface area contributed by atoms with Gasteiger partial charge in [0.1, 0.15) is 0 Å². The first-order valence-electron chi connectivity index (χ1n) is 2.88. The van der Waals surface area contributed by atoms with E-state index in [0.29, 0.717) is 4.87 Å². The van der Waals surface area contributed by atoms with E-state index in [4.69, 9.17) is 4.43 Å². The normalized spacial score (nSPS) is 15.7. The van der Waals surface area contributed by atoms with Gasteiger partial charge in [0.25, 0.3) is 0 Å². The Balaban J connectivity index is 3.80. The Morgan fingerprint density at radius 2 is 2.00 bits per heavy atom. The van der Waals surface area contributed by atoms with Gasteiger partial charge in [0.2, 0.25) is 0 Å². The number of rotatable bonds is 3. The molecule has 1 nitrogen and oxygen atoms in total. The number of hydrogen-bond donors (Lipinski definition) is 2. The van der Waals surface area contributed by atoms with Gasteiger partial charge in [0, 0.05) is 17.7 Å². The molecule has 0 spiro atoms. The summed E-state index contributed by atoms with van der Waals surface area (Å²) in [5.41, 5.74) is 0. The minimum absolute atomic E-state index is 0.339. The van der Waals surface area contributed by atoms with E-state index in [1.807, 2.05) is 0 Å². The number of hydrogen-bond acceptors (Lipinski definition) is 3. The maximum atomic E-state index is 5.30. The van der Waals surface area contributed by atoms with E-state index in [1.54, 1.807) is 7.11 Å². The van der Waals surface area contributed by atoms with Gasteiger partial charge in [-0.1, -0.05) is 0 Å². The van der Waals surface area contributed by atoms with Crippen LogP contribution in [-0.4, -0.2) is 26.1 Å². The molecule has 4 heteroatoms. The zero-order chi connectivity index (χ0) is 7.49. The van der Waals surface area contributed by atoms with Gasteiger partial charge < -0.3 is 4.43 Å². The third-order valence-electron chi connectivity index (χ3n) is 1.50. The highest BCUT2D eigenvalue weighted by Crippen LogP contribution is 2.15. The van der Waals surface area contributed by atoms with Gasteiger partial charge >= 0.3 is 0 Å². The average molecular weight is 182 g/mol. The molecule has 0 saturated heterocycles. The van der Waals surface area contributed by atoms with E-state index in [0.717, 1.165) is 5.75 Å². The maximum Gasteiger partial charge on any atom is 0.199 e. The van der Waals surface area contributed by atoms with Crippen molar-refractivity contribution in [1.82, 2.24) is 0 Å². The molecule has 0 heterocycles. The van der Waals surface area contributed by atoms with Crippen LogP contribution < -0.4 is 0 Å². The Morgan fingerprint density at radius 3 is 2.11 bits per heavy atom. The topological polar surface area (TPSA) is 9.23 Å². The van der Waals surface area contributed by atoms with Gasteiger partial charge in [-0.05, 0) is 13.1 Å². The molecule has 0 fully saturated rings. The predicted octanol–water partition coefficient (Wildman–Crippen LogP) is 1.61. The van der Waals surface area contributed by atoms with E-state index in [1.165, 1.54) is 0 Å². The summed E-state index contributed by atoms with van der Waals surface area (Å²) in [7, 11) is 0.256. The smallest absolute Gasteiger partial charge is 0.199 e. The summed E-state index contributed by atoms with van der Waals surface area (Å²) >= 11 is 8.49. The van der Waals surface area contributed by atoms with Crippen molar-refractivity contribution >= 4 is 33.6 Å². The van der Waals surface area contributed by atoms with Gasteiger partial charge in [0.05, 0.1) is 0 Å². The van der Waals surface area contributed by atoms with Crippen LogP contribution in [0.1, 0.15) is 0 Å². The quantitative estimate of drug-likeness (QED) is 0.498. The minimum atomic E-state index is -1.49. The molecule has 56 valence electrons. The first-order chi connectivity index (χ1) is 4.04. The highest BCUT2D eigenvalue weighted by atomic mass is 32.1. The van der Waals surface area contributed by atoms with Gasteiger partial charge in [-0.15, -0.1) is 0 Å². The fourth-order valence-corrected chi connectivity index (χ4v) is 2.70. The first kappa shape index (κ1) is 9.88. The van der Waals surface area contributed by atoms with Crippen LogP contribution in [0.2, 0.25) is 13.1 Å².